The molecule has 0 aliphatic carbocycles. The van der Waals surface area contributed by atoms with Crippen LogP contribution in [0.5, 0.6) is 0 Å². The van der Waals surface area contributed by atoms with Gasteiger partial charge in [0.1, 0.15) is 23.5 Å². The molecule has 0 amide bonds. The molecule has 2 N–H and O–H groups in total. The van der Waals surface area contributed by atoms with Crippen molar-refractivity contribution < 1.29 is 9.50 Å². The van der Waals surface area contributed by atoms with Gasteiger partial charge >= 0.3 is 0 Å². The number of fused-ring (bicyclic) bond motifs is 1. The lowest BCUT2D eigenvalue weighted by Crippen LogP contribution is -2.15. The number of aliphatic hydroxyl groups excluding tert-OH is 1. The van der Waals surface area contributed by atoms with Crippen LogP contribution in [-0.4, -0.2) is 28.2 Å². The maximum Gasteiger partial charge on any atom is 0.149 e. The average Bonchev–Trinajstić information content (AvgIpc) is 2.36. The second-order valence-corrected chi connectivity index (χ2v) is 4.03. The number of hydrogen-bond acceptors (Lipinski definition) is 4. The van der Waals surface area contributed by atoms with E-state index in [-0.39, 0.29) is 18.3 Å². The van der Waals surface area contributed by atoms with Crippen molar-refractivity contribution >= 4 is 16.7 Å². The van der Waals surface area contributed by atoms with E-state index < -0.39 is 0 Å². The van der Waals surface area contributed by atoms with Crippen molar-refractivity contribution in [3.8, 4) is 0 Å². The van der Waals surface area contributed by atoms with Crippen molar-refractivity contribution in [2.75, 3.05) is 18.5 Å². The fourth-order valence-corrected chi connectivity index (χ4v) is 1.53. The molecule has 5 heteroatoms. The average molecular weight is 235 g/mol. The molecule has 0 fully saturated rings. The SMILES string of the molecule is CC(CO)CNc1ncnc2c(F)cccc12. The second kappa shape index (κ2) is 5.05. The topological polar surface area (TPSA) is 58.0 Å². The third-order valence-corrected chi connectivity index (χ3v) is 2.55. The molecule has 1 heterocycles. The Morgan fingerprint density at radius 3 is 3.00 bits per heavy atom. The van der Waals surface area contributed by atoms with Gasteiger partial charge < -0.3 is 10.4 Å². The predicted molar refractivity (Wildman–Crippen MR) is 64.2 cm³/mol. The van der Waals surface area contributed by atoms with E-state index >= 15 is 0 Å². The number of nitrogens with zero attached hydrogens (tertiary/aromatic N) is 2. The lowest BCUT2D eigenvalue weighted by Gasteiger charge is -2.11. The Labute approximate surface area is 98.5 Å². The molecule has 2 rings (SSSR count). The summed E-state index contributed by atoms with van der Waals surface area (Å²) in [4.78, 5) is 8.00. The highest BCUT2D eigenvalue weighted by Crippen LogP contribution is 2.21. The van der Waals surface area contributed by atoms with E-state index in [1.807, 2.05) is 6.92 Å². The Morgan fingerprint density at radius 2 is 2.24 bits per heavy atom. The van der Waals surface area contributed by atoms with Gasteiger partial charge in [-0.1, -0.05) is 13.0 Å². The summed E-state index contributed by atoms with van der Waals surface area (Å²) in [7, 11) is 0. The highest BCUT2D eigenvalue weighted by Gasteiger charge is 2.07. The minimum Gasteiger partial charge on any atom is -0.396 e. The minimum atomic E-state index is -0.358. The highest BCUT2D eigenvalue weighted by molar-refractivity contribution is 5.89. The van der Waals surface area contributed by atoms with Crippen molar-refractivity contribution in [1.29, 1.82) is 0 Å². The zero-order valence-corrected chi connectivity index (χ0v) is 9.52. The largest absolute Gasteiger partial charge is 0.396 e. The van der Waals surface area contributed by atoms with Crippen LogP contribution < -0.4 is 5.32 Å². The van der Waals surface area contributed by atoms with Gasteiger partial charge in [-0.05, 0) is 18.1 Å². The summed E-state index contributed by atoms with van der Waals surface area (Å²) < 4.78 is 13.5. The number of nitrogens with one attached hydrogen (secondary N) is 1. The zero-order chi connectivity index (χ0) is 12.3. The standard InChI is InChI=1S/C12H14FN3O/c1-8(6-17)5-14-12-9-3-2-4-10(13)11(9)15-7-16-12/h2-4,7-8,17H,5-6H2,1H3,(H,14,15,16). The van der Waals surface area contributed by atoms with Crippen LogP contribution >= 0.6 is 0 Å². The van der Waals surface area contributed by atoms with Crippen LogP contribution in [0.4, 0.5) is 10.2 Å². The lowest BCUT2D eigenvalue weighted by atomic mass is 10.2. The van der Waals surface area contributed by atoms with Crippen molar-refractivity contribution in [3.63, 3.8) is 0 Å². The van der Waals surface area contributed by atoms with Gasteiger partial charge in [0, 0.05) is 18.5 Å². The highest BCUT2D eigenvalue weighted by atomic mass is 19.1. The number of hydrogen-bond donors (Lipinski definition) is 2. The van der Waals surface area contributed by atoms with E-state index in [0.717, 1.165) is 0 Å². The van der Waals surface area contributed by atoms with E-state index in [2.05, 4.69) is 15.3 Å². The fourth-order valence-electron chi connectivity index (χ4n) is 1.53. The number of aliphatic hydroxyl groups is 1. The van der Waals surface area contributed by atoms with Crippen molar-refractivity contribution in [3.05, 3.63) is 30.3 Å². The molecule has 1 unspecified atom stereocenters. The summed E-state index contributed by atoms with van der Waals surface area (Å²) in [5.74, 6) is 0.353. The molecular formula is C12H14FN3O. The Kier molecular flexibility index (Phi) is 3.49. The van der Waals surface area contributed by atoms with Crippen LogP contribution in [0.1, 0.15) is 6.92 Å². The third-order valence-electron chi connectivity index (χ3n) is 2.55. The molecule has 1 atom stereocenters. The molecule has 0 saturated heterocycles. The van der Waals surface area contributed by atoms with E-state index in [4.69, 9.17) is 5.11 Å². The Morgan fingerprint density at radius 1 is 1.41 bits per heavy atom. The first kappa shape index (κ1) is 11.7. The van der Waals surface area contributed by atoms with Crippen LogP contribution in [0.25, 0.3) is 10.9 Å². The minimum absolute atomic E-state index is 0.102. The summed E-state index contributed by atoms with van der Waals surface area (Å²) in [6, 6.07) is 4.77. The van der Waals surface area contributed by atoms with Crippen LogP contribution in [0.2, 0.25) is 0 Å². The van der Waals surface area contributed by atoms with Crippen LogP contribution in [0.15, 0.2) is 24.5 Å². The molecule has 4 nitrogen and oxygen atoms in total. The van der Waals surface area contributed by atoms with Crippen LogP contribution in [0, 0.1) is 11.7 Å². The van der Waals surface area contributed by atoms with Gasteiger partial charge in [0.2, 0.25) is 0 Å². The molecule has 90 valence electrons. The summed E-state index contributed by atoms with van der Waals surface area (Å²) in [6.07, 6.45) is 1.33. The number of aromatic nitrogens is 2. The van der Waals surface area contributed by atoms with Crippen LogP contribution in [0.3, 0.4) is 0 Å². The molecule has 0 aliphatic heterocycles. The first-order valence-corrected chi connectivity index (χ1v) is 5.46. The summed E-state index contributed by atoms with van der Waals surface area (Å²) in [5.41, 5.74) is 0.307. The third kappa shape index (κ3) is 2.50. The second-order valence-electron chi connectivity index (χ2n) is 4.03. The van der Waals surface area contributed by atoms with E-state index in [1.165, 1.54) is 12.4 Å². The number of benzene rings is 1. The normalized spacial score (nSPS) is 12.6. The summed E-state index contributed by atoms with van der Waals surface area (Å²) in [5, 5.41) is 12.7. The van der Waals surface area contributed by atoms with Crippen molar-refractivity contribution in [2.24, 2.45) is 5.92 Å². The van der Waals surface area contributed by atoms with Crippen LogP contribution in [-0.2, 0) is 0 Å². The van der Waals surface area contributed by atoms with Gasteiger partial charge in [-0.25, -0.2) is 14.4 Å². The maximum absolute atomic E-state index is 13.5. The van der Waals surface area contributed by atoms with E-state index in [0.29, 0.717) is 23.3 Å². The predicted octanol–water partition coefficient (Wildman–Crippen LogP) is 1.81. The molecule has 0 saturated carbocycles. The summed E-state index contributed by atoms with van der Waals surface area (Å²) >= 11 is 0. The quantitative estimate of drug-likeness (QED) is 0.848. The molecule has 1 aromatic heterocycles. The van der Waals surface area contributed by atoms with Gasteiger partial charge in [0.15, 0.2) is 0 Å². The molecule has 1 aromatic carbocycles. The molecular weight excluding hydrogens is 221 g/mol. The van der Waals surface area contributed by atoms with Gasteiger partial charge in [-0.15, -0.1) is 0 Å². The molecule has 0 bridgehead atoms. The first-order valence-electron chi connectivity index (χ1n) is 5.46. The number of para-hydroxylation sites is 1. The summed E-state index contributed by atoms with van der Waals surface area (Å²) in [6.45, 7) is 2.60. The van der Waals surface area contributed by atoms with E-state index in [1.54, 1.807) is 12.1 Å². The van der Waals surface area contributed by atoms with Gasteiger partial charge in [-0.3, -0.25) is 0 Å². The zero-order valence-electron chi connectivity index (χ0n) is 9.52. The molecule has 17 heavy (non-hydrogen) atoms. The molecule has 0 aliphatic rings. The molecule has 0 spiro atoms. The van der Waals surface area contributed by atoms with Gasteiger partial charge in [-0.2, -0.15) is 0 Å². The smallest absolute Gasteiger partial charge is 0.149 e. The Balaban J connectivity index is 2.31. The lowest BCUT2D eigenvalue weighted by molar-refractivity contribution is 0.244. The van der Waals surface area contributed by atoms with E-state index in [9.17, 15) is 4.39 Å². The van der Waals surface area contributed by atoms with Gasteiger partial charge in [0.05, 0.1) is 0 Å². The van der Waals surface area contributed by atoms with Crippen molar-refractivity contribution in [1.82, 2.24) is 9.97 Å². The first-order chi connectivity index (χ1) is 8.22. The van der Waals surface area contributed by atoms with Gasteiger partial charge in [0.25, 0.3) is 0 Å². The number of anilines is 1. The van der Waals surface area contributed by atoms with Crippen molar-refractivity contribution in [2.45, 2.75) is 6.92 Å². The number of halogens is 1. The monoisotopic (exact) mass is 235 g/mol. The Bertz CT molecular complexity index is 518. The molecule has 2 aromatic rings. The number of rotatable bonds is 4. The fraction of sp³-hybridized carbons (Fsp3) is 0.333. The Hall–Kier alpha value is -1.75. The maximum atomic E-state index is 13.5. The molecule has 0 radical (unpaired) electrons.